The molecule has 1 saturated carbocycles. The molecule has 78 valence electrons. The predicted molar refractivity (Wildman–Crippen MR) is 48.9 cm³/mol. The number of nitrogens with zero attached hydrogens (tertiary/aromatic N) is 1. The molecule has 0 aromatic carbocycles. The van der Waals surface area contributed by atoms with E-state index in [1.165, 1.54) is 0 Å². The van der Waals surface area contributed by atoms with Gasteiger partial charge in [0.2, 0.25) is 0 Å². The Labute approximate surface area is 78.1 Å². The van der Waals surface area contributed by atoms with Gasteiger partial charge in [0, 0.05) is 6.04 Å². The fraction of sp³-hybridized carbons (Fsp3) is 1.00. The molecule has 0 aromatic heterocycles. The molecule has 4 heteroatoms. The van der Waals surface area contributed by atoms with Gasteiger partial charge in [0.1, 0.15) is 0 Å². The smallest absolute Gasteiger partial charge is 0.272 e. The van der Waals surface area contributed by atoms with Crippen LogP contribution in [-0.4, -0.2) is 36.5 Å². The summed E-state index contributed by atoms with van der Waals surface area (Å²) in [5, 5.41) is 0. The van der Waals surface area contributed by atoms with E-state index >= 15 is 0 Å². The Balaban J connectivity index is 2.36. The van der Waals surface area contributed by atoms with Crippen LogP contribution in [0, 0.1) is 0 Å². The standard InChI is InChI=1S/C9H18F2N2/c1-2-5-13(8-3-4-8)7-9(10,11)6-12/h8H,2-7,12H2,1H3. The summed E-state index contributed by atoms with van der Waals surface area (Å²) < 4.78 is 25.9. The van der Waals surface area contributed by atoms with Crippen LogP contribution in [0.3, 0.4) is 0 Å². The molecule has 0 saturated heterocycles. The van der Waals surface area contributed by atoms with E-state index in [1.54, 1.807) is 0 Å². The minimum absolute atomic E-state index is 0.165. The zero-order chi connectivity index (χ0) is 9.90. The molecule has 2 N–H and O–H groups in total. The minimum atomic E-state index is -2.71. The Bertz CT molecular complexity index is 158. The first-order chi connectivity index (χ1) is 6.09. The van der Waals surface area contributed by atoms with Crippen molar-refractivity contribution in [3.8, 4) is 0 Å². The number of hydrogen-bond acceptors (Lipinski definition) is 2. The van der Waals surface area contributed by atoms with Gasteiger partial charge in [-0.2, -0.15) is 0 Å². The predicted octanol–water partition coefficient (Wildman–Crippen LogP) is 1.45. The van der Waals surface area contributed by atoms with E-state index in [-0.39, 0.29) is 6.54 Å². The van der Waals surface area contributed by atoms with Gasteiger partial charge >= 0.3 is 0 Å². The summed E-state index contributed by atoms with van der Waals surface area (Å²) in [5.41, 5.74) is 4.99. The second-order valence-electron chi connectivity index (χ2n) is 3.76. The quantitative estimate of drug-likeness (QED) is 0.690. The van der Waals surface area contributed by atoms with Crippen LogP contribution in [0.4, 0.5) is 8.78 Å². The van der Waals surface area contributed by atoms with Crippen molar-refractivity contribution in [2.75, 3.05) is 19.6 Å². The molecular weight excluding hydrogens is 174 g/mol. The number of halogens is 2. The number of nitrogens with two attached hydrogens (primary N) is 1. The summed E-state index contributed by atoms with van der Waals surface area (Å²) in [5.74, 6) is -2.71. The molecule has 0 atom stereocenters. The normalized spacial score (nSPS) is 18.2. The zero-order valence-electron chi connectivity index (χ0n) is 8.10. The first kappa shape index (κ1) is 10.9. The molecule has 1 rings (SSSR count). The van der Waals surface area contributed by atoms with Crippen LogP contribution < -0.4 is 5.73 Å². The van der Waals surface area contributed by atoms with Crippen LogP contribution in [0.5, 0.6) is 0 Å². The Kier molecular flexibility index (Phi) is 3.62. The second kappa shape index (κ2) is 4.33. The summed E-state index contributed by atoms with van der Waals surface area (Å²) in [6.45, 7) is 2.07. The highest BCUT2D eigenvalue weighted by molar-refractivity contribution is 4.87. The monoisotopic (exact) mass is 192 g/mol. The molecule has 0 aromatic rings. The van der Waals surface area contributed by atoms with Crippen molar-refractivity contribution in [3.05, 3.63) is 0 Å². The van der Waals surface area contributed by atoms with Gasteiger partial charge in [-0.1, -0.05) is 6.92 Å². The van der Waals surface area contributed by atoms with Crippen molar-refractivity contribution in [1.29, 1.82) is 0 Å². The fourth-order valence-electron chi connectivity index (χ4n) is 1.48. The van der Waals surface area contributed by atoms with Crippen LogP contribution in [0.1, 0.15) is 26.2 Å². The Hall–Kier alpha value is -0.220. The fourth-order valence-corrected chi connectivity index (χ4v) is 1.48. The highest BCUT2D eigenvalue weighted by atomic mass is 19.3. The van der Waals surface area contributed by atoms with Crippen LogP contribution >= 0.6 is 0 Å². The molecule has 0 aliphatic heterocycles. The molecule has 13 heavy (non-hydrogen) atoms. The topological polar surface area (TPSA) is 29.3 Å². The molecule has 0 spiro atoms. The van der Waals surface area contributed by atoms with Gasteiger partial charge in [0.05, 0.1) is 13.1 Å². The Morgan fingerprint density at radius 3 is 2.46 bits per heavy atom. The summed E-state index contributed by atoms with van der Waals surface area (Å²) in [4.78, 5) is 1.87. The first-order valence-corrected chi connectivity index (χ1v) is 4.91. The third-order valence-electron chi connectivity index (χ3n) is 2.31. The molecule has 0 unspecified atom stereocenters. The van der Waals surface area contributed by atoms with E-state index in [2.05, 4.69) is 0 Å². The van der Waals surface area contributed by atoms with Gasteiger partial charge in [0.15, 0.2) is 0 Å². The van der Waals surface area contributed by atoms with E-state index in [0.717, 1.165) is 25.8 Å². The van der Waals surface area contributed by atoms with Crippen molar-refractivity contribution in [2.24, 2.45) is 5.73 Å². The third-order valence-corrected chi connectivity index (χ3v) is 2.31. The van der Waals surface area contributed by atoms with Crippen molar-refractivity contribution >= 4 is 0 Å². The number of hydrogen-bond donors (Lipinski definition) is 1. The average Bonchev–Trinajstić information content (AvgIpc) is 2.86. The van der Waals surface area contributed by atoms with Gasteiger partial charge in [-0.3, -0.25) is 4.90 Å². The van der Waals surface area contributed by atoms with Crippen LogP contribution in [0.25, 0.3) is 0 Å². The van der Waals surface area contributed by atoms with Gasteiger partial charge in [-0.25, -0.2) is 8.78 Å². The second-order valence-corrected chi connectivity index (χ2v) is 3.76. The molecule has 1 fully saturated rings. The van der Waals surface area contributed by atoms with Crippen molar-refractivity contribution < 1.29 is 8.78 Å². The SMILES string of the molecule is CCCN(CC(F)(F)CN)C1CC1. The molecule has 0 radical (unpaired) electrons. The number of alkyl halides is 2. The van der Waals surface area contributed by atoms with E-state index < -0.39 is 12.5 Å². The lowest BCUT2D eigenvalue weighted by Gasteiger charge is -2.25. The summed E-state index contributed by atoms with van der Waals surface area (Å²) >= 11 is 0. The largest absolute Gasteiger partial charge is 0.325 e. The van der Waals surface area contributed by atoms with E-state index in [0.29, 0.717) is 6.04 Å². The maximum absolute atomic E-state index is 12.9. The lowest BCUT2D eigenvalue weighted by atomic mass is 10.3. The van der Waals surface area contributed by atoms with Gasteiger partial charge in [0.25, 0.3) is 5.92 Å². The van der Waals surface area contributed by atoms with Crippen molar-refractivity contribution in [1.82, 2.24) is 4.90 Å². The van der Waals surface area contributed by atoms with Gasteiger partial charge < -0.3 is 5.73 Å². The molecule has 0 amide bonds. The van der Waals surface area contributed by atoms with Crippen LogP contribution in [0.15, 0.2) is 0 Å². The van der Waals surface area contributed by atoms with Crippen LogP contribution in [-0.2, 0) is 0 Å². The third kappa shape index (κ3) is 3.56. The van der Waals surface area contributed by atoms with Crippen molar-refractivity contribution in [2.45, 2.75) is 38.2 Å². The molecule has 0 heterocycles. The molecule has 0 bridgehead atoms. The average molecular weight is 192 g/mol. The molecule has 1 aliphatic rings. The zero-order valence-corrected chi connectivity index (χ0v) is 8.10. The highest BCUT2D eigenvalue weighted by Crippen LogP contribution is 2.29. The maximum Gasteiger partial charge on any atom is 0.272 e. The molecule has 1 aliphatic carbocycles. The summed E-state index contributed by atoms with van der Waals surface area (Å²) in [6, 6.07) is 0.400. The lowest BCUT2D eigenvalue weighted by molar-refractivity contribution is -0.0256. The van der Waals surface area contributed by atoms with Gasteiger partial charge in [-0.05, 0) is 25.8 Å². The Morgan fingerprint density at radius 1 is 1.46 bits per heavy atom. The van der Waals surface area contributed by atoms with Crippen LogP contribution in [0.2, 0.25) is 0 Å². The molecular formula is C9H18F2N2. The van der Waals surface area contributed by atoms with E-state index in [9.17, 15) is 8.78 Å². The van der Waals surface area contributed by atoms with E-state index in [4.69, 9.17) is 5.73 Å². The molecule has 2 nitrogen and oxygen atoms in total. The summed E-state index contributed by atoms with van der Waals surface area (Å²) in [7, 11) is 0. The summed E-state index contributed by atoms with van der Waals surface area (Å²) in [6.07, 6.45) is 3.07. The minimum Gasteiger partial charge on any atom is -0.325 e. The van der Waals surface area contributed by atoms with Crippen molar-refractivity contribution in [3.63, 3.8) is 0 Å². The Morgan fingerprint density at radius 2 is 2.08 bits per heavy atom. The van der Waals surface area contributed by atoms with Gasteiger partial charge in [-0.15, -0.1) is 0 Å². The van der Waals surface area contributed by atoms with E-state index in [1.807, 2.05) is 11.8 Å². The first-order valence-electron chi connectivity index (χ1n) is 4.91. The highest BCUT2D eigenvalue weighted by Gasteiger charge is 2.36. The number of rotatable bonds is 6. The lowest BCUT2D eigenvalue weighted by Crippen LogP contribution is -2.43. The maximum atomic E-state index is 12.9.